The molecule has 0 saturated heterocycles. The number of rotatable bonds is 3. The highest BCUT2D eigenvalue weighted by Crippen LogP contribution is 2.46. The minimum Gasteiger partial charge on any atom is -0.492 e. The summed E-state index contributed by atoms with van der Waals surface area (Å²) in [6, 6.07) is 14.0. The van der Waals surface area contributed by atoms with E-state index < -0.39 is 12.2 Å². The lowest BCUT2D eigenvalue weighted by Gasteiger charge is -2.38. The second-order valence-corrected chi connectivity index (χ2v) is 6.64. The van der Waals surface area contributed by atoms with Crippen molar-refractivity contribution in [3.63, 3.8) is 0 Å². The lowest BCUT2D eigenvalue weighted by atomic mass is 9.80. The second-order valence-electron chi connectivity index (χ2n) is 6.64. The number of ether oxygens (including phenoxy) is 2. The number of hydrogen-bond acceptors (Lipinski definition) is 3. The van der Waals surface area contributed by atoms with Gasteiger partial charge in [-0.1, -0.05) is 62.9 Å². The van der Waals surface area contributed by atoms with E-state index in [9.17, 15) is 4.79 Å². The number of fused-ring (bicyclic) bond motifs is 1. The second kappa shape index (κ2) is 6.04. The molecule has 0 bridgehead atoms. The maximum Gasteiger partial charge on any atom is 0.405 e. The van der Waals surface area contributed by atoms with Crippen LogP contribution in [0.2, 0.25) is 0 Å². The van der Waals surface area contributed by atoms with Gasteiger partial charge in [-0.05, 0) is 22.8 Å². The van der Waals surface area contributed by atoms with Crippen LogP contribution in [0.4, 0.5) is 4.79 Å². The monoisotopic (exact) mass is 323 g/mol. The van der Waals surface area contributed by atoms with Gasteiger partial charge in [-0.2, -0.15) is 0 Å². The van der Waals surface area contributed by atoms with Crippen molar-refractivity contribution in [1.29, 1.82) is 0 Å². The Labute approximate surface area is 141 Å². The van der Waals surface area contributed by atoms with Crippen LogP contribution in [0.3, 0.4) is 0 Å². The largest absolute Gasteiger partial charge is 0.492 e. The molecular weight excluding hydrogens is 302 g/mol. The molecule has 3 rings (SSSR count). The SMILES string of the molecule is C=Cc1ccccc1-c1ccc2c(c1)OCC(C)(C)C2OC(N)=O. The van der Waals surface area contributed by atoms with Crippen LogP contribution in [-0.2, 0) is 4.74 Å². The van der Waals surface area contributed by atoms with E-state index in [0.29, 0.717) is 6.61 Å². The van der Waals surface area contributed by atoms with Gasteiger partial charge in [0.05, 0.1) is 6.61 Å². The zero-order valence-corrected chi connectivity index (χ0v) is 13.9. The van der Waals surface area contributed by atoms with Gasteiger partial charge in [0.2, 0.25) is 0 Å². The molecule has 124 valence electrons. The van der Waals surface area contributed by atoms with Gasteiger partial charge in [0.25, 0.3) is 0 Å². The quantitative estimate of drug-likeness (QED) is 0.901. The molecular formula is C20H21NO3. The highest BCUT2D eigenvalue weighted by molar-refractivity contribution is 5.76. The van der Waals surface area contributed by atoms with E-state index >= 15 is 0 Å². The van der Waals surface area contributed by atoms with Crippen LogP contribution in [-0.4, -0.2) is 12.7 Å². The molecule has 1 unspecified atom stereocenters. The van der Waals surface area contributed by atoms with Gasteiger partial charge in [0.1, 0.15) is 11.9 Å². The minimum absolute atomic E-state index is 0.345. The Bertz CT molecular complexity index is 795. The molecule has 1 atom stereocenters. The van der Waals surface area contributed by atoms with E-state index in [1.54, 1.807) is 0 Å². The van der Waals surface area contributed by atoms with E-state index in [4.69, 9.17) is 15.2 Å². The molecule has 2 aromatic carbocycles. The highest BCUT2D eigenvalue weighted by atomic mass is 16.6. The summed E-state index contributed by atoms with van der Waals surface area (Å²) in [5, 5.41) is 0. The van der Waals surface area contributed by atoms with Crippen LogP contribution in [0.25, 0.3) is 17.2 Å². The van der Waals surface area contributed by atoms with Crippen molar-refractivity contribution < 1.29 is 14.3 Å². The third-order valence-electron chi connectivity index (χ3n) is 4.33. The normalized spacial score (nSPS) is 18.2. The maximum atomic E-state index is 11.3. The molecule has 1 aliphatic rings. The smallest absolute Gasteiger partial charge is 0.405 e. The van der Waals surface area contributed by atoms with E-state index in [-0.39, 0.29) is 5.41 Å². The van der Waals surface area contributed by atoms with Crippen LogP contribution in [0, 0.1) is 5.41 Å². The Morgan fingerprint density at radius 2 is 2.08 bits per heavy atom. The molecule has 1 aliphatic heterocycles. The molecule has 0 spiro atoms. The van der Waals surface area contributed by atoms with Crippen LogP contribution in [0.5, 0.6) is 5.75 Å². The van der Waals surface area contributed by atoms with Crippen molar-refractivity contribution >= 4 is 12.2 Å². The Morgan fingerprint density at radius 3 is 2.79 bits per heavy atom. The topological polar surface area (TPSA) is 61.6 Å². The van der Waals surface area contributed by atoms with E-state index in [1.807, 2.05) is 62.4 Å². The number of amides is 1. The van der Waals surface area contributed by atoms with Crippen molar-refractivity contribution in [3.05, 3.63) is 60.2 Å². The van der Waals surface area contributed by atoms with Gasteiger partial charge in [0, 0.05) is 11.0 Å². The van der Waals surface area contributed by atoms with Crippen molar-refractivity contribution in [3.8, 4) is 16.9 Å². The first-order valence-electron chi connectivity index (χ1n) is 7.87. The van der Waals surface area contributed by atoms with Crippen molar-refractivity contribution in [2.45, 2.75) is 20.0 Å². The molecule has 4 nitrogen and oxygen atoms in total. The molecule has 0 aromatic heterocycles. The van der Waals surface area contributed by atoms with Crippen molar-refractivity contribution in [1.82, 2.24) is 0 Å². The first kappa shape index (κ1) is 16.1. The maximum absolute atomic E-state index is 11.3. The minimum atomic E-state index is -0.776. The average molecular weight is 323 g/mol. The standard InChI is InChI=1S/C20H21NO3/c1-4-13-7-5-6-8-15(13)14-9-10-16-17(11-14)23-12-20(2,3)18(16)24-19(21)22/h4-11,18H,1,12H2,2-3H3,(H2,21,22). The van der Waals surface area contributed by atoms with Crippen LogP contribution >= 0.6 is 0 Å². The third kappa shape index (κ3) is 2.87. The Hall–Kier alpha value is -2.75. The molecule has 0 radical (unpaired) electrons. The fraction of sp³-hybridized carbons (Fsp3) is 0.250. The van der Waals surface area contributed by atoms with E-state index in [0.717, 1.165) is 28.0 Å². The highest BCUT2D eigenvalue weighted by Gasteiger charge is 2.40. The fourth-order valence-corrected chi connectivity index (χ4v) is 3.08. The van der Waals surface area contributed by atoms with Gasteiger partial charge in [-0.3, -0.25) is 0 Å². The molecule has 2 aromatic rings. The predicted octanol–water partition coefficient (Wildman–Crippen LogP) is 4.55. The predicted molar refractivity (Wildman–Crippen MR) is 94.7 cm³/mol. The van der Waals surface area contributed by atoms with E-state index in [1.165, 1.54) is 0 Å². The molecule has 1 heterocycles. The molecule has 0 fully saturated rings. The van der Waals surface area contributed by atoms with Crippen LogP contribution in [0.15, 0.2) is 49.0 Å². The van der Waals surface area contributed by atoms with Crippen molar-refractivity contribution in [2.24, 2.45) is 11.1 Å². The Balaban J connectivity index is 2.06. The van der Waals surface area contributed by atoms with Gasteiger partial charge < -0.3 is 15.2 Å². The van der Waals surface area contributed by atoms with Gasteiger partial charge in [-0.25, -0.2) is 4.79 Å². The zero-order valence-electron chi connectivity index (χ0n) is 13.9. The van der Waals surface area contributed by atoms with Crippen LogP contribution < -0.4 is 10.5 Å². The lowest BCUT2D eigenvalue weighted by molar-refractivity contribution is -0.0176. The number of primary amides is 1. The summed E-state index contributed by atoms with van der Waals surface area (Å²) < 4.78 is 11.3. The number of carbonyl (C=O) groups excluding carboxylic acids is 1. The van der Waals surface area contributed by atoms with Gasteiger partial charge in [0.15, 0.2) is 0 Å². The molecule has 0 saturated carbocycles. The summed E-state index contributed by atoms with van der Waals surface area (Å²) >= 11 is 0. The lowest BCUT2D eigenvalue weighted by Crippen LogP contribution is -2.37. The molecule has 2 N–H and O–H groups in total. The summed E-state index contributed by atoms with van der Waals surface area (Å²) in [6.45, 7) is 8.30. The first-order valence-corrected chi connectivity index (χ1v) is 7.87. The Morgan fingerprint density at radius 1 is 1.33 bits per heavy atom. The molecule has 4 heteroatoms. The number of benzene rings is 2. The van der Waals surface area contributed by atoms with Gasteiger partial charge in [-0.15, -0.1) is 0 Å². The summed E-state index contributed by atoms with van der Waals surface area (Å²) in [5.74, 6) is 0.719. The number of hydrogen-bond donors (Lipinski definition) is 1. The fourth-order valence-electron chi connectivity index (χ4n) is 3.08. The van der Waals surface area contributed by atoms with Gasteiger partial charge >= 0.3 is 6.09 Å². The Kier molecular flexibility index (Phi) is 4.06. The zero-order chi connectivity index (χ0) is 17.3. The molecule has 0 aliphatic carbocycles. The summed E-state index contributed by atoms with van der Waals surface area (Å²) in [6.07, 6.45) is 0.627. The van der Waals surface area contributed by atoms with Crippen molar-refractivity contribution in [2.75, 3.05) is 6.61 Å². The average Bonchev–Trinajstić information content (AvgIpc) is 2.57. The molecule has 1 amide bonds. The molecule has 24 heavy (non-hydrogen) atoms. The van der Waals surface area contributed by atoms with E-state index in [2.05, 4.69) is 6.58 Å². The third-order valence-corrected chi connectivity index (χ3v) is 4.33. The first-order chi connectivity index (χ1) is 11.4. The summed E-state index contributed by atoms with van der Waals surface area (Å²) in [4.78, 5) is 11.3. The number of carbonyl (C=O) groups is 1. The number of nitrogens with two attached hydrogens (primary N) is 1. The summed E-state index contributed by atoms with van der Waals surface area (Å²) in [5.41, 5.74) is 8.90. The van der Waals surface area contributed by atoms with Crippen LogP contribution in [0.1, 0.15) is 31.1 Å². The summed E-state index contributed by atoms with van der Waals surface area (Å²) in [7, 11) is 0.